The molecule has 5 nitrogen and oxygen atoms in total. The number of aryl methyl sites for hydroxylation is 4. The number of hydrogen-bond donors (Lipinski definition) is 2. The van der Waals surface area contributed by atoms with Crippen LogP contribution in [0.1, 0.15) is 133 Å². The van der Waals surface area contributed by atoms with Gasteiger partial charge in [-0.05, 0) is 158 Å². The molecule has 0 atom stereocenters. The minimum absolute atomic E-state index is 0.158. The minimum Gasteiger partial charge on any atom is -0.455 e. The topological polar surface area (TPSA) is 58.0 Å². The van der Waals surface area contributed by atoms with Crippen molar-refractivity contribution in [2.45, 2.75) is 127 Å². The molecule has 5 heteroatoms. The smallest absolute Gasteiger partial charge is 0.139 e. The molecule has 1 aliphatic heterocycles. The van der Waals surface area contributed by atoms with E-state index in [1.165, 1.54) is 44.5 Å². The summed E-state index contributed by atoms with van der Waals surface area (Å²) in [5, 5.41) is 7.42. The third-order valence-corrected chi connectivity index (χ3v) is 13.9. The van der Waals surface area contributed by atoms with Gasteiger partial charge < -0.3 is 15.4 Å². The predicted octanol–water partition coefficient (Wildman–Crippen LogP) is 16.9. The Hall–Kier alpha value is -6.46. The Bertz CT molecular complexity index is 2760. The zero-order valence-electron chi connectivity index (χ0n) is 42.3. The number of anilines is 2. The van der Waals surface area contributed by atoms with Gasteiger partial charge in [-0.1, -0.05) is 116 Å². The SMILES string of the molecule is Cc1cccc(N=C/C(=C\Nc2cccc(C)c2C)c2cc(C(C)(C)C)cc3c2Oc2c(/C(C=Nc4cccc(C)c4C)=C/Nc4cccc(C)c4C)cc(C(C)(C)C)cc2C3(C)C)c1C. The minimum atomic E-state index is -0.471. The van der Waals surface area contributed by atoms with E-state index in [1.54, 1.807) is 0 Å². The van der Waals surface area contributed by atoms with Gasteiger partial charge in [-0.15, -0.1) is 0 Å². The second-order valence-electron chi connectivity index (χ2n) is 21.0. The molecular formula is C61H70N4O. The number of benzene rings is 6. The molecule has 0 saturated heterocycles. The highest BCUT2D eigenvalue weighted by atomic mass is 16.5. The first kappa shape index (κ1) is 47.5. The van der Waals surface area contributed by atoms with E-state index in [9.17, 15) is 0 Å². The summed E-state index contributed by atoms with van der Waals surface area (Å²) in [7, 11) is 0. The quantitative estimate of drug-likeness (QED) is 0.135. The summed E-state index contributed by atoms with van der Waals surface area (Å²) < 4.78 is 7.59. The van der Waals surface area contributed by atoms with Crippen LogP contribution < -0.4 is 15.4 Å². The van der Waals surface area contributed by atoms with Crippen molar-refractivity contribution in [2.75, 3.05) is 10.6 Å². The van der Waals surface area contributed by atoms with Crippen LogP contribution in [0.25, 0.3) is 11.1 Å². The number of hydrogen-bond acceptors (Lipinski definition) is 5. The molecule has 66 heavy (non-hydrogen) atoms. The van der Waals surface area contributed by atoms with Crippen LogP contribution in [0, 0.1) is 55.4 Å². The van der Waals surface area contributed by atoms with Crippen molar-refractivity contribution in [1.29, 1.82) is 0 Å². The van der Waals surface area contributed by atoms with Crippen LogP contribution in [0.4, 0.5) is 22.7 Å². The van der Waals surface area contributed by atoms with Gasteiger partial charge in [-0.25, -0.2) is 0 Å². The van der Waals surface area contributed by atoms with Gasteiger partial charge >= 0.3 is 0 Å². The Labute approximate surface area is 395 Å². The Morgan fingerprint density at radius 3 is 1.20 bits per heavy atom. The van der Waals surface area contributed by atoms with E-state index in [0.29, 0.717) is 0 Å². The summed E-state index contributed by atoms with van der Waals surface area (Å²) in [6.45, 7) is 35.6. The Morgan fingerprint density at radius 1 is 0.485 bits per heavy atom. The number of nitrogens with one attached hydrogen (secondary N) is 2. The molecule has 1 aliphatic rings. The first-order valence-corrected chi connectivity index (χ1v) is 23.4. The Morgan fingerprint density at radius 2 is 0.833 bits per heavy atom. The van der Waals surface area contributed by atoms with Crippen LogP contribution in [0.2, 0.25) is 0 Å². The Balaban J connectivity index is 1.52. The van der Waals surface area contributed by atoms with Crippen molar-refractivity contribution < 1.29 is 4.74 Å². The molecular weight excluding hydrogens is 805 g/mol. The average molecular weight is 875 g/mol. The molecule has 7 rings (SSSR count). The second kappa shape index (κ2) is 18.4. The first-order chi connectivity index (χ1) is 31.1. The van der Waals surface area contributed by atoms with Gasteiger partial charge in [0.25, 0.3) is 0 Å². The van der Waals surface area contributed by atoms with Gasteiger partial charge in [0.05, 0.1) is 11.4 Å². The van der Waals surface area contributed by atoms with Crippen molar-refractivity contribution in [1.82, 2.24) is 0 Å². The van der Waals surface area contributed by atoms with Crippen molar-refractivity contribution in [3.8, 4) is 11.5 Å². The fourth-order valence-corrected chi connectivity index (χ4v) is 8.47. The largest absolute Gasteiger partial charge is 0.455 e. The Kier molecular flexibility index (Phi) is 13.3. The van der Waals surface area contributed by atoms with Crippen molar-refractivity contribution in [3.63, 3.8) is 0 Å². The van der Waals surface area contributed by atoms with Crippen LogP contribution >= 0.6 is 0 Å². The van der Waals surface area contributed by atoms with Gasteiger partial charge in [0, 0.05) is 75.0 Å². The monoisotopic (exact) mass is 875 g/mol. The molecule has 0 saturated carbocycles. The maximum absolute atomic E-state index is 7.59. The van der Waals surface area contributed by atoms with Gasteiger partial charge in [-0.2, -0.15) is 0 Å². The maximum atomic E-state index is 7.59. The van der Waals surface area contributed by atoms with Crippen LogP contribution in [-0.4, -0.2) is 12.4 Å². The van der Waals surface area contributed by atoms with Crippen LogP contribution in [0.3, 0.4) is 0 Å². The summed E-state index contributed by atoms with van der Waals surface area (Å²) in [6, 6.07) is 34.8. The average Bonchev–Trinajstić information content (AvgIpc) is 3.25. The number of rotatable bonds is 10. The molecule has 0 unspecified atom stereocenters. The third-order valence-electron chi connectivity index (χ3n) is 13.9. The van der Waals surface area contributed by atoms with E-state index in [4.69, 9.17) is 14.7 Å². The van der Waals surface area contributed by atoms with E-state index in [2.05, 4.69) is 231 Å². The number of fused-ring (bicyclic) bond motifs is 2. The molecule has 0 bridgehead atoms. The van der Waals surface area contributed by atoms with E-state index < -0.39 is 5.41 Å². The van der Waals surface area contributed by atoms with Gasteiger partial charge in [0.15, 0.2) is 0 Å². The highest BCUT2D eigenvalue weighted by Crippen LogP contribution is 2.54. The number of allylic oxidation sites excluding steroid dienone is 2. The van der Waals surface area contributed by atoms with Crippen molar-refractivity contribution in [2.24, 2.45) is 9.98 Å². The predicted molar refractivity (Wildman–Crippen MR) is 286 cm³/mol. The molecule has 0 spiro atoms. The van der Waals surface area contributed by atoms with Crippen LogP contribution in [0.5, 0.6) is 11.5 Å². The van der Waals surface area contributed by atoms with Gasteiger partial charge in [0.1, 0.15) is 11.5 Å². The molecule has 6 aromatic rings. The lowest BCUT2D eigenvalue weighted by atomic mass is 9.70. The molecule has 2 N–H and O–H groups in total. The number of aliphatic imine (C=N–C) groups is 2. The van der Waals surface area contributed by atoms with E-state index in [0.717, 1.165) is 78.8 Å². The lowest BCUT2D eigenvalue weighted by Crippen LogP contribution is -2.28. The molecule has 6 aromatic carbocycles. The highest BCUT2D eigenvalue weighted by Gasteiger charge is 2.40. The molecule has 1 heterocycles. The van der Waals surface area contributed by atoms with Crippen molar-refractivity contribution >= 4 is 46.3 Å². The molecule has 0 radical (unpaired) electrons. The second-order valence-corrected chi connectivity index (χ2v) is 21.0. The zero-order chi connectivity index (χ0) is 47.9. The number of nitrogens with zero attached hydrogens (tertiary/aromatic N) is 2. The normalized spacial score (nSPS) is 14.1. The molecule has 340 valence electrons. The maximum Gasteiger partial charge on any atom is 0.139 e. The van der Waals surface area contributed by atoms with Gasteiger partial charge in [0.2, 0.25) is 0 Å². The molecule has 0 aliphatic carbocycles. The van der Waals surface area contributed by atoms with Crippen molar-refractivity contribution in [3.05, 3.63) is 187 Å². The highest BCUT2D eigenvalue weighted by molar-refractivity contribution is 6.14. The molecule has 0 fully saturated rings. The fraction of sp³-hybridized carbons (Fsp3) is 0.311. The summed E-state index contributed by atoms with van der Waals surface area (Å²) in [4.78, 5) is 10.4. The third kappa shape index (κ3) is 9.72. The summed E-state index contributed by atoms with van der Waals surface area (Å²) in [6.07, 6.45) is 8.22. The van der Waals surface area contributed by atoms with Crippen LogP contribution in [0.15, 0.2) is 119 Å². The molecule has 0 amide bonds. The lowest BCUT2D eigenvalue weighted by molar-refractivity contribution is 0.412. The summed E-state index contributed by atoms with van der Waals surface area (Å²) in [5.41, 5.74) is 21.2. The standard InChI is InChI=1S/C61H70N4O/c1-37-21-17-25-53(41(37)5)62-33-45(34-63-54-26-18-22-38(2)42(54)6)49-29-47(59(9,10)11)31-51-57(49)66-58-50(30-48(60(12,13)14)32-52(58)61(51,15)16)46(35-64-55-27-19-23-39(3)43(55)7)36-65-56-28-20-24-40(4)44(56)8/h17-36,62,64H,1-16H3/b45-33+,46-35+,63-34?,65-36?. The zero-order valence-corrected chi connectivity index (χ0v) is 42.3. The van der Waals surface area contributed by atoms with E-state index in [1.807, 2.05) is 12.4 Å². The summed E-state index contributed by atoms with van der Waals surface area (Å²) in [5.74, 6) is 1.64. The van der Waals surface area contributed by atoms with Gasteiger partial charge in [-0.3, -0.25) is 9.98 Å². The number of ether oxygens (including phenoxy) is 1. The lowest BCUT2D eigenvalue weighted by Gasteiger charge is -2.39. The summed E-state index contributed by atoms with van der Waals surface area (Å²) >= 11 is 0. The van der Waals surface area contributed by atoms with E-state index in [-0.39, 0.29) is 10.8 Å². The van der Waals surface area contributed by atoms with Crippen LogP contribution in [-0.2, 0) is 16.2 Å². The fourth-order valence-electron chi connectivity index (χ4n) is 8.47. The first-order valence-electron chi connectivity index (χ1n) is 23.4. The van der Waals surface area contributed by atoms with E-state index >= 15 is 0 Å². The molecule has 0 aromatic heterocycles.